The third-order valence-corrected chi connectivity index (χ3v) is 6.14. The standard InChI is InChI=1S/C24H31NO7/c1-28-18-7-6-17(14-19(18)29-2)24(9-11-26)8-10-25(15-24)23(27)16-12-20(30-3)22(32-5)21(13-16)31-4/h6-7,12-14,26H,8-11,15H2,1-5H3. The maximum Gasteiger partial charge on any atom is 0.254 e. The second-order valence-electron chi connectivity index (χ2n) is 7.71. The molecular formula is C24H31NO7. The lowest BCUT2D eigenvalue weighted by atomic mass is 9.77. The summed E-state index contributed by atoms with van der Waals surface area (Å²) < 4.78 is 27.0. The molecule has 174 valence electrons. The number of likely N-dealkylation sites (tertiary alicyclic amines) is 1. The highest BCUT2D eigenvalue weighted by molar-refractivity contribution is 5.96. The zero-order valence-electron chi connectivity index (χ0n) is 19.3. The molecule has 2 aromatic carbocycles. The van der Waals surface area contributed by atoms with Crippen LogP contribution in [0.1, 0.15) is 28.8 Å². The van der Waals surface area contributed by atoms with Gasteiger partial charge < -0.3 is 33.7 Å². The van der Waals surface area contributed by atoms with Gasteiger partial charge in [0.25, 0.3) is 5.91 Å². The number of amides is 1. The first kappa shape index (κ1) is 23.5. The summed E-state index contributed by atoms with van der Waals surface area (Å²) in [4.78, 5) is 15.2. The molecule has 2 aromatic rings. The van der Waals surface area contributed by atoms with Gasteiger partial charge in [-0.15, -0.1) is 0 Å². The Balaban J connectivity index is 1.93. The van der Waals surface area contributed by atoms with Crippen molar-refractivity contribution >= 4 is 5.91 Å². The average Bonchev–Trinajstić information content (AvgIpc) is 3.27. The lowest BCUT2D eigenvalue weighted by Gasteiger charge is -2.30. The first-order valence-electron chi connectivity index (χ1n) is 10.4. The maximum absolute atomic E-state index is 13.4. The van der Waals surface area contributed by atoms with Crippen molar-refractivity contribution in [2.24, 2.45) is 0 Å². The van der Waals surface area contributed by atoms with Crippen LogP contribution in [0.4, 0.5) is 0 Å². The number of aliphatic hydroxyl groups excluding tert-OH is 1. The van der Waals surface area contributed by atoms with Gasteiger partial charge in [0.05, 0.1) is 35.5 Å². The van der Waals surface area contributed by atoms with Gasteiger partial charge in [0.1, 0.15) is 0 Å². The number of aliphatic hydroxyl groups is 1. The van der Waals surface area contributed by atoms with Crippen LogP contribution in [0.2, 0.25) is 0 Å². The minimum atomic E-state index is -0.384. The van der Waals surface area contributed by atoms with Crippen molar-refractivity contribution in [2.45, 2.75) is 18.3 Å². The maximum atomic E-state index is 13.4. The van der Waals surface area contributed by atoms with E-state index in [0.717, 1.165) is 12.0 Å². The molecule has 1 aliphatic rings. The van der Waals surface area contributed by atoms with Gasteiger partial charge in [-0.05, 0) is 42.7 Å². The van der Waals surface area contributed by atoms with Crippen LogP contribution in [-0.2, 0) is 5.41 Å². The van der Waals surface area contributed by atoms with Crippen LogP contribution in [0.5, 0.6) is 28.7 Å². The van der Waals surface area contributed by atoms with E-state index in [1.54, 1.807) is 31.3 Å². The molecule has 8 nitrogen and oxygen atoms in total. The van der Waals surface area contributed by atoms with Crippen molar-refractivity contribution in [2.75, 3.05) is 55.2 Å². The second-order valence-corrected chi connectivity index (χ2v) is 7.71. The van der Waals surface area contributed by atoms with E-state index in [4.69, 9.17) is 23.7 Å². The Labute approximate surface area is 188 Å². The third kappa shape index (κ3) is 4.27. The van der Waals surface area contributed by atoms with Crippen molar-refractivity contribution in [1.82, 2.24) is 4.90 Å². The van der Waals surface area contributed by atoms with Crippen molar-refractivity contribution in [1.29, 1.82) is 0 Å². The minimum Gasteiger partial charge on any atom is -0.493 e. The highest BCUT2D eigenvalue weighted by Crippen LogP contribution is 2.43. The van der Waals surface area contributed by atoms with Crippen molar-refractivity contribution < 1.29 is 33.6 Å². The summed E-state index contributed by atoms with van der Waals surface area (Å²) in [7, 11) is 7.74. The number of carbonyl (C=O) groups is 1. The van der Waals surface area contributed by atoms with Crippen LogP contribution in [0.15, 0.2) is 30.3 Å². The summed E-state index contributed by atoms with van der Waals surface area (Å²) in [5.74, 6) is 2.42. The van der Waals surface area contributed by atoms with Gasteiger partial charge in [-0.25, -0.2) is 0 Å². The van der Waals surface area contributed by atoms with E-state index < -0.39 is 0 Å². The van der Waals surface area contributed by atoms with Crippen molar-refractivity contribution in [3.63, 3.8) is 0 Å². The Morgan fingerprint density at radius 2 is 1.53 bits per heavy atom. The number of rotatable bonds is 9. The summed E-state index contributed by atoms with van der Waals surface area (Å²) in [6.07, 6.45) is 1.25. The molecule has 0 saturated carbocycles. The first-order valence-corrected chi connectivity index (χ1v) is 10.4. The Morgan fingerprint density at radius 3 is 2.06 bits per heavy atom. The third-order valence-electron chi connectivity index (χ3n) is 6.14. The molecule has 0 radical (unpaired) electrons. The lowest BCUT2D eigenvalue weighted by molar-refractivity contribution is 0.0778. The Hall–Kier alpha value is -3.13. The molecule has 1 fully saturated rings. The van der Waals surface area contributed by atoms with E-state index in [2.05, 4.69) is 0 Å². The number of benzene rings is 2. The molecule has 0 bridgehead atoms. The van der Waals surface area contributed by atoms with Crippen molar-refractivity contribution in [3.05, 3.63) is 41.5 Å². The predicted octanol–water partition coefficient (Wildman–Crippen LogP) is 2.90. The topological polar surface area (TPSA) is 86.7 Å². The number of carbonyl (C=O) groups excluding carboxylic acids is 1. The van der Waals surface area contributed by atoms with Gasteiger partial charge in [-0.2, -0.15) is 0 Å². The van der Waals surface area contributed by atoms with E-state index in [-0.39, 0.29) is 17.9 Å². The van der Waals surface area contributed by atoms with Gasteiger partial charge in [0.15, 0.2) is 23.0 Å². The summed E-state index contributed by atoms with van der Waals surface area (Å²) >= 11 is 0. The monoisotopic (exact) mass is 445 g/mol. The van der Waals surface area contributed by atoms with E-state index in [9.17, 15) is 9.90 Å². The van der Waals surface area contributed by atoms with E-state index in [0.29, 0.717) is 53.8 Å². The van der Waals surface area contributed by atoms with E-state index in [1.165, 1.54) is 21.3 Å². The minimum absolute atomic E-state index is 0.0144. The second kappa shape index (κ2) is 9.99. The van der Waals surface area contributed by atoms with Crippen LogP contribution < -0.4 is 23.7 Å². The Kier molecular flexibility index (Phi) is 7.35. The lowest BCUT2D eigenvalue weighted by Crippen LogP contribution is -2.35. The molecule has 1 N–H and O–H groups in total. The smallest absolute Gasteiger partial charge is 0.254 e. The molecule has 1 atom stereocenters. The van der Waals surface area contributed by atoms with Gasteiger partial charge in [0.2, 0.25) is 5.75 Å². The molecule has 1 aliphatic heterocycles. The highest BCUT2D eigenvalue weighted by atomic mass is 16.5. The van der Waals surface area contributed by atoms with Gasteiger partial charge in [-0.1, -0.05) is 6.07 Å². The molecule has 0 aliphatic carbocycles. The van der Waals surface area contributed by atoms with E-state index in [1.807, 2.05) is 18.2 Å². The largest absolute Gasteiger partial charge is 0.493 e. The van der Waals surface area contributed by atoms with Crippen LogP contribution >= 0.6 is 0 Å². The predicted molar refractivity (Wildman–Crippen MR) is 120 cm³/mol. The number of nitrogens with zero attached hydrogens (tertiary/aromatic N) is 1. The molecule has 1 heterocycles. The summed E-state index contributed by atoms with van der Waals surface area (Å²) in [5, 5.41) is 9.81. The molecule has 0 aromatic heterocycles. The SMILES string of the molecule is COc1ccc(C2(CCO)CCN(C(=O)c3cc(OC)c(OC)c(OC)c3)C2)cc1OC. The van der Waals surface area contributed by atoms with Gasteiger partial charge in [-0.3, -0.25) is 4.79 Å². The Morgan fingerprint density at radius 1 is 0.906 bits per heavy atom. The number of hydrogen-bond acceptors (Lipinski definition) is 7. The number of ether oxygens (including phenoxy) is 5. The highest BCUT2D eigenvalue weighted by Gasteiger charge is 2.41. The van der Waals surface area contributed by atoms with Crippen LogP contribution in [0.3, 0.4) is 0 Å². The summed E-state index contributed by atoms with van der Waals surface area (Å²) in [6.45, 7) is 1.04. The van der Waals surface area contributed by atoms with Crippen LogP contribution in [-0.4, -0.2) is 71.2 Å². The molecule has 1 saturated heterocycles. The fourth-order valence-corrected chi connectivity index (χ4v) is 4.40. The van der Waals surface area contributed by atoms with Gasteiger partial charge in [0, 0.05) is 30.7 Å². The zero-order valence-corrected chi connectivity index (χ0v) is 19.3. The number of hydrogen-bond donors (Lipinski definition) is 1. The molecule has 1 amide bonds. The molecule has 32 heavy (non-hydrogen) atoms. The van der Waals surface area contributed by atoms with Crippen LogP contribution in [0.25, 0.3) is 0 Å². The molecule has 1 unspecified atom stereocenters. The van der Waals surface area contributed by atoms with Crippen molar-refractivity contribution in [3.8, 4) is 28.7 Å². The summed E-state index contributed by atoms with van der Waals surface area (Å²) in [5.41, 5.74) is 1.07. The molecule has 8 heteroatoms. The zero-order chi connectivity index (χ0) is 23.3. The van der Waals surface area contributed by atoms with Gasteiger partial charge >= 0.3 is 0 Å². The average molecular weight is 446 g/mol. The molecule has 3 rings (SSSR count). The fourth-order valence-electron chi connectivity index (χ4n) is 4.40. The normalized spacial score (nSPS) is 17.8. The summed E-state index contributed by atoms with van der Waals surface area (Å²) in [6, 6.07) is 9.08. The number of methoxy groups -OCH3 is 5. The molecule has 0 spiro atoms. The quantitative estimate of drug-likeness (QED) is 0.635. The van der Waals surface area contributed by atoms with E-state index >= 15 is 0 Å². The first-order chi connectivity index (χ1) is 15.5. The Bertz CT molecular complexity index is 936. The molecular weight excluding hydrogens is 414 g/mol. The fraction of sp³-hybridized carbons (Fsp3) is 0.458. The van der Waals surface area contributed by atoms with Crippen LogP contribution in [0, 0.1) is 0 Å².